The van der Waals surface area contributed by atoms with Gasteiger partial charge in [-0.25, -0.2) is 0 Å². The Balaban J connectivity index is 1.70. The Labute approximate surface area is 129 Å². The first-order valence-electron chi connectivity index (χ1n) is 7.21. The molecule has 1 atom stereocenters. The van der Waals surface area contributed by atoms with Crippen LogP contribution in [0.2, 0.25) is 0 Å². The van der Waals surface area contributed by atoms with E-state index in [-0.39, 0.29) is 6.04 Å². The van der Waals surface area contributed by atoms with E-state index in [0.717, 1.165) is 17.7 Å². The summed E-state index contributed by atoms with van der Waals surface area (Å²) in [5, 5.41) is 3.46. The predicted molar refractivity (Wildman–Crippen MR) is 89.8 cm³/mol. The molecule has 2 nitrogen and oxygen atoms in total. The Bertz CT molecular complexity index is 717. The molecular formula is C18H19NOS. The molecule has 1 aromatic heterocycles. The second-order valence-corrected chi connectivity index (χ2v) is 6.04. The number of nitrogens with two attached hydrogens (primary N) is 1. The maximum Gasteiger partial charge on any atom is 0.119 e. The van der Waals surface area contributed by atoms with Crippen molar-refractivity contribution in [1.29, 1.82) is 0 Å². The van der Waals surface area contributed by atoms with Gasteiger partial charge in [0.1, 0.15) is 12.4 Å². The van der Waals surface area contributed by atoms with Gasteiger partial charge in [0, 0.05) is 16.3 Å². The molecule has 0 saturated heterocycles. The Kier molecular flexibility index (Phi) is 4.23. The van der Waals surface area contributed by atoms with Crippen LogP contribution in [0.5, 0.6) is 5.75 Å². The highest BCUT2D eigenvalue weighted by Gasteiger charge is 2.05. The zero-order chi connectivity index (χ0) is 14.7. The van der Waals surface area contributed by atoms with E-state index < -0.39 is 0 Å². The van der Waals surface area contributed by atoms with Gasteiger partial charge in [0.05, 0.1) is 0 Å². The van der Waals surface area contributed by atoms with Crippen molar-refractivity contribution in [2.45, 2.75) is 26.0 Å². The number of rotatable bonds is 5. The minimum atomic E-state index is 0.111. The molecule has 0 bridgehead atoms. The Morgan fingerprint density at radius 2 is 1.86 bits per heavy atom. The van der Waals surface area contributed by atoms with Crippen molar-refractivity contribution in [1.82, 2.24) is 0 Å². The van der Waals surface area contributed by atoms with Crippen molar-refractivity contribution in [2.75, 3.05) is 0 Å². The van der Waals surface area contributed by atoms with E-state index in [9.17, 15) is 0 Å². The highest BCUT2D eigenvalue weighted by atomic mass is 32.1. The first-order valence-corrected chi connectivity index (χ1v) is 8.09. The molecule has 0 aliphatic rings. The van der Waals surface area contributed by atoms with Crippen molar-refractivity contribution in [3.05, 3.63) is 65.0 Å². The number of ether oxygens (including phenoxy) is 1. The lowest BCUT2D eigenvalue weighted by Gasteiger charge is -2.10. The summed E-state index contributed by atoms with van der Waals surface area (Å²) in [5.74, 6) is 0.886. The Morgan fingerprint density at radius 1 is 1.10 bits per heavy atom. The minimum absolute atomic E-state index is 0.111. The van der Waals surface area contributed by atoms with Crippen LogP contribution in [0.15, 0.2) is 53.9 Å². The maximum absolute atomic E-state index is 6.02. The van der Waals surface area contributed by atoms with Crippen LogP contribution in [0.4, 0.5) is 0 Å². The van der Waals surface area contributed by atoms with Gasteiger partial charge in [-0.2, -0.15) is 0 Å². The lowest BCUT2D eigenvalue weighted by atomic mass is 10.1. The standard InChI is InChI=1S/C18H19NOS/c1-2-17(19)13-7-9-15(10-8-13)20-11-14-12-21-18-6-4-3-5-16(14)18/h3-10,12,17H,2,11,19H2,1H3. The molecule has 2 N–H and O–H groups in total. The van der Waals surface area contributed by atoms with Crippen LogP contribution < -0.4 is 10.5 Å². The van der Waals surface area contributed by atoms with Crippen molar-refractivity contribution < 1.29 is 4.74 Å². The maximum atomic E-state index is 6.02. The molecule has 21 heavy (non-hydrogen) atoms. The third-order valence-corrected chi connectivity index (χ3v) is 4.72. The summed E-state index contributed by atoms with van der Waals surface area (Å²) in [6.07, 6.45) is 0.946. The monoisotopic (exact) mass is 297 g/mol. The second-order valence-electron chi connectivity index (χ2n) is 5.13. The topological polar surface area (TPSA) is 35.2 Å². The van der Waals surface area contributed by atoms with Crippen LogP contribution in [-0.2, 0) is 6.61 Å². The molecule has 3 heteroatoms. The second kappa shape index (κ2) is 6.29. The lowest BCUT2D eigenvalue weighted by molar-refractivity contribution is 0.308. The van der Waals surface area contributed by atoms with E-state index in [4.69, 9.17) is 10.5 Å². The molecule has 0 amide bonds. The fourth-order valence-electron chi connectivity index (χ4n) is 2.35. The summed E-state index contributed by atoms with van der Waals surface area (Å²) >= 11 is 1.76. The van der Waals surface area contributed by atoms with Crippen LogP contribution in [-0.4, -0.2) is 0 Å². The van der Waals surface area contributed by atoms with Gasteiger partial charge in [-0.3, -0.25) is 0 Å². The smallest absolute Gasteiger partial charge is 0.119 e. The summed E-state index contributed by atoms with van der Waals surface area (Å²) in [4.78, 5) is 0. The molecule has 1 heterocycles. The molecule has 3 aromatic rings. The Hall–Kier alpha value is -1.84. The molecule has 3 rings (SSSR count). The third-order valence-electron chi connectivity index (χ3n) is 3.70. The summed E-state index contributed by atoms with van der Waals surface area (Å²) in [5.41, 5.74) is 8.42. The number of hydrogen-bond acceptors (Lipinski definition) is 3. The SMILES string of the molecule is CCC(N)c1ccc(OCc2csc3ccccc23)cc1. The van der Waals surface area contributed by atoms with Gasteiger partial charge in [0.2, 0.25) is 0 Å². The molecule has 0 fully saturated rings. The van der Waals surface area contributed by atoms with Gasteiger partial charge >= 0.3 is 0 Å². The molecule has 0 saturated carbocycles. The normalized spacial score (nSPS) is 12.5. The van der Waals surface area contributed by atoms with Crippen molar-refractivity contribution in [2.24, 2.45) is 5.73 Å². The summed E-state index contributed by atoms with van der Waals surface area (Å²) in [6.45, 7) is 2.69. The third kappa shape index (κ3) is 3.09. The highest BCUT2D eigenvalue weighted by molar-refractivity contribution is 7.17. The van der Waals surface area contributed by atoms with Gasteiger partial charge in [0.15, 0.2) is 0 Å². The predicted octanol–water partition coefficient (Wildman–Crippen LogP) is 4.89. The highest BCUT2D eigenvalue weighted by Crippen LogP contribution is 2.27. The van der Waals surface area contributed by atoms with E-state index in [1.165, 1.54) is 15.6 Å². The average Bonchev–Trinajstić information content (AvgIpc) is 2.96. The first kappa shape index (κ1) is 14.1. The van der Waals surface area contributed by atoms with E-state index in [1.54, 1.807) is 11.3 Å². The van der Waals surface area contributed by atoms with Crippen LogP contribution in [0, 0.1) is 0 Å². The number of benzene rings is 2. The van der Waals surface area contributed by atoms with Crippen LogP contribution in [0.1, 0.15) is 30.5 Å². The molecule has 2 aromatic carbocycles. The molecule has 0 aliphatic heterocycles. The largest absolute Gasteiger partial charge is 0.489 e. The van der Waals surface area contributed by atoms with E-state index in [1.807, 2.05) is 12.1 Å². The van der Waals surface area contributed by atoms with Crippen molar-refractivity contribution in [3.8, 4) is 5.75 Å². The van der Waals surface area contributed by atoms with Crippen LogP contribution in [0.3, 0.4) is 0 Å². The van der Waals surface area contributed by atoms with E-state index >= 15 is 0 Å². The van der Waals surface area contributed by atoms with Crippen molar-refractivity contribution >= 4 is 21.4 Å². The quantitative estimate of drug-likeness (QED) is 0.727. The number of fused-ring (bicyclic) bond motifs is 1. The average molecular weight is 297 g/mol. The summed E-state index contributed by atoms with van der Waals surface area (Å²) in [7, 11) is 0. The van der Waals surface area contributed by atoms with Crippen molar-refractivity contribution in [3.63, 3.8) is 0 Å². The van der Waals surface area contributed by atoms with Gasteiger partial charge in [0.25, 0.3) is 0 Å². The van der Waals surface area contributed by atoms with E-state index in [0.29, 0.717) is 6.61 Å². The molecule has 1 unspecified atom stereocenters. The molecule has 0 aliphatic carbocycles. The fraction of sp³-hybridized carbons (Fsp3) is 0.222. The van der Waals surface area contributed by atoms with Gasteiger partial charge < -0.3 is 10.5 Å². The van der Waals surface area contributed by atoms with Crippen LogP contribution >= 0.6 is 11.3 Å². The number of hydrogen-bond donors (Lipinski definition) is 1. The van der Waals surface area contributed by atoms with Crippen LogP contribution in [0.25, 0.3) is 10.1 Å². The fourth-order valence-corrected chi connectivity index (χ4v) is 3.30. The minimum Gasteiger partial charge on any atom is -0.489 e. The zero-order valence-corrected chi connectivity index (χ0v) is 12.9. The lowest BCUT2D eigenvalue weighted by Crippen LogP contribution is -2.08. The molecule has 0 spiro atoms. The molecular weight excluding hydrogens is 278 g/mol. The molecule has 0 radical (unpaired) electrons. The first-order chi connectivity index (χ1) is 10.3. The zero-order valence-electron chi connectivity index (χ0n) is 12.1. The summed E-state index contributed by atoms with van der Waals surface area (Å²) < 4.78 is 7.20. The van der Waals surface area contributed by atoms with E-state index in [2.05, 4.69) is 48.7 Å². The summed E-state index contributed by atoms with van der Waals surface area (Å²) in [6, 6.07) is 16.6. The number of thiophene rings is 1. The van der Waals surface area contributed by atoms with Gasteiger partial charge in [-0.05, 0) is 40.9 Å². The van der Waals surface area contributed by atoms with Gasteiger partial charge in [-0.15, -0.1) is 11.3 Å². The van der Waals surface area contributed by atoms with Gasteiger partial charge in [-0.1, -0.05) is 37.3 Å². The molecule has 108 valence electrons. The Morgan fingerprint density at radius 3 is 2.62 bits per heavy atom.